The Bertz CT molecular complexity index is 248. The van der Waals surface area contributed by atoms with Gasteiger partial charge >= 0.3 is 0 Å². The molecule has 1 fully saturated rings. The molecular weight excluding hydrogens is 232 g/mol. The molecule has 0 aliphatic heterocycles. The summed E-state index contributed by atoms with van der Waals surface area (Å²) in [5, 5.41) is 3.00. The fourth-order valence-corrected chi connectivity index (χ4v) is 3.04. The lowest BCUT2D eigenvalue weighted by Crippen LogP contribution is -2.56. The number of carbonyl (C=O) groups is 1. The van der Waals surface area contributed by atoms with Gasteiger partial charge in [0, 0.05) is 6.54 Å². The van der Waals surface area contributed by atoms with Crippen LogP contribution in [0.15, 0.2) is 0 Å². The van der Waals surface area contributed by atoms with Crippen LogP contribution in [0, 0.1) is 5.92 Å². The van der Waals surface area contributed by atoms with E-state index in [2.05, 4.69) is 18.5 Å². The van der Waals surface area contributed by atoms with Crippen molar-refractivity contribution in [3.05, 3.63) is 0 Å². The first-order valence-corrected chi connectivity index (χ1v) is 8.04. The summed E-state index contributed by atoms with van der Waals surface area (Å²) >= 11 is 1.85. The predicted molar refractivity (Wildman–Crippen MR) is 75.2 cm³/mol. The molecular formula is C13H26N2OS. The van der Waals surface area contributed by atoms with E-state index in [9.17, 15) is 4.79 Å². The maximum atomic E-state index is 12.1. The van der Waals surface area contributed by atoms with E-state index in [-0.39, 0.29) is 5.91 Å². The summed E-state index contributed by atoms with van der Waals surface area (Å²) < 4.78 is 0. The van der Waals surface area contributed by atoms with Crippen molar-refractivity contribution in [3.63, 3.8) is 0 Å². The number of amides is 1. The van der Waals surface area contributed by atoms with Gasteiger partial charge in [0.05, 0.1) is 5.54 Å². The molecule has 0 saturated heterocycles. The Kier molecular flexibility index (Phi) is 6.34. The highest BCUT2D eigenvalue weighted by atomic mass is 32.2. The molecule has 1 rings (SSSR count). The molecule has 0 spiro atoms. The zero-order chi connectivity index (χ0) is 12.7. The van der Waals surface area contributed by atoms with Gasteiger partial charge in [0.25, 0.3) is 0 Å². The second-order valence-electron chi connectivity index (χ2n) is 5.31. The molecule has 2 atom stereocenters. The minimum Gasteiger partial charge on any atom is -0.355 e. The Morgan fingerprint density at radius 1 is 1.53 bits per heavy atom. The van der Waals surface area contributed by atoms with Crippen LogP contribution in [0.2, 0.25) is 0 Å². The predicted octanol–water partition coefficient (Wildman–Crippen LogP) is 2.15. The van der Waals surface area contributed by atoms with Gasteiger partial charge in [-0.05, 0) is 43.6 Å². The van der Waals surface area contributed by atoms with Crippen molar-refractivity contribution in [1.29, 1.82) is 0 Å². The number of hydrogen-bond donors (Lipinski definition) is 2. The third-order valence-electron chi connectivity index (χ3n) is 3.55. The van der Waals surface area contributed by atoms with E-state index in [0.29, 0.717) is 5.92 Å². The van der Waals surface area contributed by atoms with Gasteiger partial charge in [-0.1, -0.05) is 19.8 Å². The van der Waals surface area contributed by atoms with Crippen LogP contribution in [-0.4, -0.2) is 30.0 Å². The molecule has 1 aliphatic carbocycles. The molecule has 0 aromatic rings. The monoisotopic (exact) mass is 258 g/mol. The molecule has 1 saturated carbocycles. The first-order chi connectivity index (χ1) is 8.08. The fourth-order valence-electron chi connectivity index (χ4n) is 2.55. The molecule has 0 radical (unpaired) electrons. The van der Waals surface area contributed by atoms with E-state index in [4.69, 9.17) is 5.73 Å². The molecule has 3 nitrogen and oxygen atoms in total. The number of thioether (sulfide) groups is 1. The molecule has 4 heteroatoms. The van der Waals surface area contributed by atoms with Crippen LogP contribution in [0.4, 0.5) is 0 Å². The Balaban J connectivity index is 2.26. The minimum absolute atomic E-state index is 0.0631. The first-order valence-electron chi connectivity index (χ1n) is 6.64. The van der Waals surface area contributed by atoms with Gasteiger partial charge in [0.2, 0.25) is 5.91 Å². The van der Waals surface area contributed by atoms with Crippen LogP contribution in [-0.2, 0) is 4.79 Å². The van der Waals surface area contributed by atoms with Gasteiger partial charge in [0.15, 0.2) is 0 Å². The fraction of sp³-hybridized carbons (Fsp3) is 0.923. The van der Waals surface area contributed by atoms with Crippen LogP contribution >= 0.6 is 11.8 Å². The van der Waals surface area contributed by atoms with Crippen molar-refractivity contribution in [2.75, 3.05) is 18.6 Å². The summed E-state index contributed by atoms with van der Waals surface area (Å²) in [6, 6.07) is 0. The van der Waals surface area contributed by atoms with Crippen molar-refractivity contribution < 1.29 is 4.79 Å². The standard InChI is InChI=1S/C13H26N2OS/c1-11-6-5-7-13(14,10-11)12(16)15-8-3-4-9-17-2/h11H,3-10,14H2,1-2H3,(H,15,16). The average Bonchev–Trinajstić information content (AvgIpc) is 2.28. The van der Waals surface area contributed by atoms with Gasteiger partial charge in [-0.2, -0.15) is 11.8 Å². The third-order valence-corrected chi connectivity index (χ3v) is 4.24. The number of unbranched alkanes of at least 4 members (excludes halogenated alkanes) is 1. The second-order valence-corrected chi connectivity index (χ2v) is 6.30. The number of nitrogens with one attached hydrogen (secondary N) is 1. The maximum absolute atomic E-state index is 12.1. The molecule has 2 unspecified atom stereocenters. The zero-order valence-electron chi connectivity index (χ0n) is 11.1. The largest absolute Gasteiger partial charge is 0.355 e. The summed E-state index contributed by atoms with van der Waals surface area (Å²) in [7, 11) is 0. The highest BCUT2D eigenvalue weighted by molar-refractivity contribution is 7.98. The van der Waals surface area contributed by atoms with Crippen LogP contribution in [0.1, 0.15) is 45.4 Å². The smallest absolute Gasteiger partial charge is 0.240 e. The molecule has 1 aliphatic rings. The molecule has 1 amide bonds. The average molecular weight is 258 g/mol. The lowest BCUT2D eigenvalue weighted by Gasteiger charge is -2.35. The lowest BCUT2D eigenvalue weighted by molar-refractivity contribution is -0.128. The van der Waals surface area contributed by atoms with E-state index in [1.54, 1.807) is 0 Å². The van der Waals surface area contributed by atoms with E-state index < -0.39 is 5.54 Å². The summed E-state index contributed by atoms with van der Waals surface area (Å²) in [4.78, 5) is 12.1. The Labute approximate surface area is 109 Å². The van der Waals surface area contributed by atoms with Crippen molar-refractivity contribution in [2.45, 2.75) is 51.0 Å². The third kappa shape index (κ3) is 4.88. The molecule has 100 valence electrons. The van der Waals surface area contributed by atoms with E-state index in [0.717, 1.165) is 38.6 Å². The molecule has 0 aromatic heterocycles. The highest BCUT2D eigenvalue weighted by Crippen LogP contribution is 2.30. The van der Waals surface area contributed by atoms with Crippen LogP contribution in [0.3, 0.4) is 0 Å². The van der Waals surface area contributed by atoms with Crippen molar-refractivity contribution in [2.24, 2.45) is 11.7 Å². The Morgan fingerprint density at radius 3 is 2.94 bits per heavy atom. The quantitative estimate of drug-likeness (QED) is 0.718. The summed E-state index contributed by atoms with van der Waals surface area (Å²) in [6.07, 6.45) is 8.29. The van der Waals surface area contributed by atoms with Gasteiger partial charge in [0.1, 0.15) is 0 Å². The van der Waals surface area contributed by atoms with E-state index in [1.807, 2.05) is 11.8 Å². The topological polar surface area (TPSA) is 55.1 Å². The van der Waals surface area contributed by atoms with Crippen molar-refractivity contribution >= 4 is 17.7 Å². The molecule has 17 heavy (non-hydrogen) atoms. The summed E-state index contributed by atoms with van der Waals surface area (Å²) in [5.74, 6) is 1.81. The number of nitrogens with two attached hydrogens (primary N) is 1. The van der Waals surface area contributed by atoms with Gasteiger partial charge in [-0.25, -0.2) is 0 Å². The Hall–Kier alpha value is -0.220. The molecule has 0 heterocycles. The van der Waals surface area contributed by atoms with Crippen LogP contribution in [0.25, 0.3) is 0 Å². The number of carbonyl (C=O) groups excluding carboxylic acids is 1. The number of rotatable bonds is 6. The first kappa shape index (κ1) is 14.8. The molecule has 0 bridgehead atoms. The second kappa shape index (κ2) is 7.27. The zero-order valence-corrected chi connectivity index (χ0v) is 11.9. The lowest BCUT2D eigenvalue weighted by atomic mass is 9.76. The summed E-state index contributed by atoms with van der Waals surface area (Å²) in [6.45, 7) is 2.96. The van der Waals surface area contributed by atoms with E-state index >= 15 is 0 Å². The number of hydrogen-bond acceptors (Lipinski definition) is 3. The molecule has 3 N–H and O–H groups in total. The highest BCUT2D eigenvalue weighted by Gasteiger charge is 2.37. The summed E-state index contributed by atoms with van der Waals surface area (Å²) in [5.41, 5.74) is 5.62. The maximum Gasteiger partial charge on any atom is 0.240 e. The SMILES string of the molecule is CSCCCCNC(=O)C1(N)CCCC(C)C1. The Morgan fingerprint density at radius 2 is 2.29 bits per heavy atom. The van der Waals surface area contributed by atoms with Gasteiger partial charge < -0.3 is 11.1 Å². The molecule has 0 aromatic carbocycles. The van der Waals surface area contributed by atoms with Gasteiger partial charge in [-0.3, -0.25) is 4.79 Å². The normalized spacial score (nSPS) is 29.0. The minimum atomic E-state index is -0.600. The van der Waals surface area contributed by atoms with E-state index in [1.165, 1.54) is 12.2 Å². The van der Waals surface area contributed by atoms with Crippen LogP contribution in [0.5, 0.6) is 0 Å². The van der Waals surface area contributed by atoms with Crippen LogP contribution < -0.4 is 11.1 Å². The van der Waals surface area contributed by atoms with Crippen molar-refractivity contribution in [1.82, 2.24) is 5.32 Å². The van der Waals surface area contributed by atoms with Crippen molar-refractivity contribution in [3.8, 4) is 0 Å². The van der Waals surface area contributed by atoms with Gasteiger partial charge in [-0.15, -0.1) is 0 Å².